The molecule has 0 aliphatic carbocycles. The van der Waals surface area contributed by atoms with Crippen LogP contribution in [0.15, 0.2) is 0 Å². The Morgan fingerprint density at radius 1 is 0.846 bits per heavy atom. The zero-order chi connectivity index (χ0) is 29.8. The number of ketones is 1. The summed E-state index contributed by atoms with van der Waals surface area (Å²) < 4.78 is 16.5. The summed E-state index contributed by atoms with van der Waals surface area (Å²) >= 11 is 0. The van der Waals surface area contributed by atoms with Crippen LogP contribution < -0.4 is 0 Å². The second-order valence-corrected chi connectivity index (χ2v) is 13.4. The quantitative estimate of drug-likeness (QED) is 0.0434. The van der Waals surface area contributed by atoms with Crippen molar-refractivity contribution in [3.63, 3.8) is 0 Å². The van der Waals surface area contributed by atoms with Crippen LogP contribution in [0.3, 0.4) is 0 Å². The molecule has 0 heterocycles. The van der Waals surface area contributed by atoms with Crippen molar-refractivity contribution in [1.29, 1.82) is 0 Å². The van der Waals surface area contributed by atoms with Gasteiger partial charge in [-0.1, -0.05) is 96.8 Å². The summed E-state index contributed by atoms with van der Waals surface area (Å²) in [7, 11) is 0.181. The normalized spacial score (nSPS) is 15.6. The maximum atomic E-state index is 13.4. The Morgan fingerprint density at radius 3 is 1.72 bits per heavy atom. The standard InChI is InChI=1S/C29H58NO8P/c1-5-6-7-8-9-10-11-12-13-14-15-16-17-19-22-27(32)29(34,23-20-18-21-24-31)28(33)26(25-30(2,3)4)38-39(35,36)37/h24,26-27,32,34H,5-23,25H2,1-4H3,(H-,35,36,37)/p+1/t26?,27?,29-/m0/s1. The summed E-state index contributed by atoms with van der Waals surface area (Å²) in [5.41, 5.74) is -2.21. The van der Waals surface area contributed by atoms with Crippen molar-refractivity contribution in [3.05, 3.63) is 0 Å². The van der Waals surface area contributed by atoms with Crippen LogP contribution in [0.4, 0.5) is 0 Å². The van der Waals surface area contributed by atoms with Gasteiger partial charge in [-0.15, -0.1) is 0 Å². The number of hydrogen-bond acceptors (Lipinski definition) is 6. The van der Waals surface area contributed by atoms with E-state index >= 15 is 0 Å². The zero-order valence-corrected chi connectivity index (χ0v) is 26.1. The van der Waals surface area contributed by atoms with Gasteiger partial charge in [0.2, 0.25) is 5.78 Å². The molecule has 0 fully saturated rings. The highest BCUT2D eigenvalue weighted by molar-refractivity contribution is 7.46. The zero-order valence-electron chi connectivity index (χ0n) is 25.2. The van der Waals surface area contributed by atoms with Crippen LogP contribution in [0.5, 0.6) is 0 Å². The number of hydrogen-bond donors (Lipinski definition) is 4. The number of phosphoric acid groups is 1. The number of aliphatic hydroxyl groups excluding tert-OH is 1. The molecule has 0 amide bonds. The molecule has 0 aliphatic rings. The van der Waals surface area contributed by atoms with Crippen molar-refractivity contribution in [2.75, 3.05) is 27.7 Å². The summed E-state index contributed by atoms with van der Waals surface area (Å²) in [6, 6.07) is 0. The Kier molecular flexibility index (Phi) is 20.7. The van der Waals surface area contributed by atoms with Crippen LogP contribution >= 0.6 is 7.82 Å². The van der Waals surface area contributed by atoms with E-state index in [9.17, 15) is 34.2 Å². The highest BCUT2D eigenvalue weighted by Crippen LogP contribution is 2.40. The molecule has 10 heteroatoms. The van der Waals surface area contributed by atoms with Gasteiger partial charge in [0, 0.05) is 6.42 Å². The molecule has 0 radical (unpaired) electrons. The lowest BCUT2D eigenvalue weighted by atomic mass is 9.81. The number of Topliss-reactive ketones (excluding diaryl/α,β-unsaturated/α-hetero) is 1. The number of aldehydes is 1. The molecular weight excluding hydrogens is 521 g/mol. The van der Waals surface area contributed by atoms with Gasteiger partial charge in [-0.3, -0.25) is 9.32 Å². The molecule has 4 N–H and O–H groups in total. The molecule has 9 nitrogen and oxygen atoms in total. The van der Waals surface area contributed by atoms with E-state index in [4.69, 9.17) is 4.52 Å². The Bertz CT molecular complexity index is 693. The van der Waals surface area contributed by atoms with Crippen molar-refractivity contribution in [2.45, 2.75) is 147 Å². The number of likely N-dealkylation sites (N-methyl/N-ethyl adjacent to an activating group) is 1. The minimum absolute atomic E-state index is 0.0911. The largest absolute Gasteiger partial charge is 0.470 e. The van der Waals surface area contributed by atoms with Crippen LogP contribution in [-0.2, 0) is 18.7 Å². The van der Waals surface area contributed by atoms with Crippen molar-refractivity contribution < 1.29 is 43.2 Å². The lowest BCUT2D eigenvalue weighted by Crippen LogP contribution is -2.57. The second-order valence-electron chi connectivity index (χ2n) is 12.2. The van der Waals surface area contributed by atoms with E-state index in [2.05, 4.69) is 6.92 Å². The predicted molar refractivity (Wildman–Crippen MR) is 155 cm³/mol. The summed E-state index contributed by atoms with van der Waals surface area (Å²) in [5.74, 6) is -0.928. The van der Waals surface area contributed by atoms with Crippen LogP contribution in [-0.4, -0.2) is 82.0 Å². The number of unbranched alkanes of at least 4 members (excludes halogenated alkanes) is 15. The third-order valence-electron chi connectivity index (χ3n) is 7.21. The second kappa shape index (κ2) is 21.1. The van der Waals surface area contributed by atoms with Gasteiger partial charge in [-0.05, 0) is 25.7 Å². The minimum Gasteiger partial charge on any atom is -0.390 e. The molecule has 0 aromatic rings. The molecule has 3 atom stereocenters. The number of carbonyl (C=O) groups is 2. The van der Waals surface area contributed by atoms with Crippen molar-refractivity contribution in [1.82, 2.24) is 0 Å². The molecule has 0 bridgehead atoms. The first-order chi connectivity index (χ1) is 18.3. The highest BCUT2D eigenvalue weighted by atomic mass is 31.2. The Morgan fingerprint density at radius 2 is 1.31 bits per heavy atom. The van der Waals surface area contributed by atoms with E-state index in [0.717, 1.165) is 25.5 Å². The lowest BCUT2D eigenvalue weighted by molar-refractivity contribution is -0.872. The van der Waals surface area contributed by atoms with Gasteiger partial charge < -0.3 is 29.3 Å². The van der Waals surface area contributed by atoms with Gasteiger partial charge in [0.05, 0.1) is 27.2 Å². The fraction of sp³-hybridized carbons (Fsp3) is 0.931. The third kappa shape index (κ3) is 19.9. The van der Waals surface area contributed by atoms with Gasteiger partial charge in [0.15, 0.2) is 11.7 Å². The van der Waals surface area contributed by atoms with E-state index < -0.39 is 31.4 Å². The summed E-state index contributed by atoms with van der Waals surface area (Å²) in [5, 5.41) is 22.3. The summed E-state index contributed by atoms with van der Waals surface area (Å²) in [6.07, 6.45) is 15.5. The van der Waals surface area contributed by atoms with Crippen LogP contribution in [0.1, 0.15) is 129 Å². The molecule has 0 aliphatic heterocycles. The Balaban J connectivity index is 4.75. The fourth-order valence-electron chi connectivity index (χ4n) is 4.95. The minimum atomic E-state index is -5.02. The third-order valence-corrected chi connectivity index (χ3v) is 7.74. The molecule has 0 aromatic heterocycles. The molecule has 0 rings (SSSR count). The monoisotopic (exact) mass is 580 g/mol. The molecule has 0 saturated carbocycles. The number of nitrogens with zero attached hydrogens (tertiary/aromatic N) is 1. The van der Waals surface area contributed by atoms with Crippen molar-refractivity contribution >= 4 is 19.9 Å². The first-order valence-electron chi connectivity index (χ1n) is 15.2. The SMILES string of the molecule is CCCCCCCCCCCCCCCCC(O)[C@@](O)(CCCCC=O)C(=O)C(C[N+](C)(C)C)OP(=O)(O)O. The van der Waals surface area contributed by atoms with E-state index in [1.165, 1.54) is 64.2 Å². The van der Waals surface area contributed by atoms with Crippen molar-refractivity contribution in [2.24, 2.45) is 0 Å². The maximum absolute atomic E-state index is 13.4. The topological polar surface area (TPSA) is 141 Å². The van der Waals surface area contributed by atoms with E-state index in [1.807, 2.05) is 0 Å². The fourth-order valence-corrected chi connectivity index (χ4v) is 5.45. The summed E-state index contributed by atoms with van der Waals surface area (Å²) in [4.78, 5) is 42.9. The predicted octanol–water partition coefficient (Wildman–Crippen LogP) is 5.46. The molecule has 0 spiro atoms. The molecule has 232 valence electrons. The molecular formula is C29H59NO8P+. The molecule has 39 heavy (non-hydrogen) atoms. The highest BCUT2D eigenvalue weighted by Gasteiger charge is 2.48. The lowest BCUT2D eigenvalue weighted by Gasteiger charge is -2.36. The Labute approximate surface area is 237 Å². The van der Waals surface area contributed by atoms with Crippen LogP contribution in [0.25, 0.3) is 0 Å². The number of quaternary nitrogens is 1. The van der Waals surface area contributed by atoms with Crippen LogP contribution in [0, 0.1) is 0 Å². The molecule has 0 aromatic carbocycles. The van der Waals surface area contributed by atoms with Gasteiger partial charge in [0.1, 0.15) is 12.8 Å². The number of rotatable bonds is 27. The average molecular weight is 581 g/mol. The number of carbonyl (C=O) groups excluding carboxylic acids is 2. The van der Waals surface area contributed by atoms with E-state index in [1.54, 1.807) is 21.1 Å². The van der Waals surface area contributed by atoms with E-state index in [-0.39, 0.29) is 30.3 Å². The summed E-state index contributed by atoms with van der Waals surface area (Å²) in [6.45, 7) is 2.15. The molecule has 2 unspecified atom stereocenters. The smallest absolute Gasteiger partial charge is 0.390 e. The average Bonchev–Trinajstić information content (AvgIpc) is 2.84. The first-order valence-corrected chi connectivity index (χ1v) is 16.7. The van der Waals surface area contributed by atoms with Gasteiger partial charge >= 0.3 is 7.82 Å². The Hall–Kier alpha value is -0.670. The van der Waals surface area contributed by atoms with Gasteiger partial charge in [0.25, 0.3) is 0 Å². The number of phosphoric ester groups is 1. The van der Waals surface area contributed by atoms with Gasteiger partial charge in [-0.2, -0.15) is 0 Å². The maximum Gasteiger partial charge on any atom is 0.470 e. The van der Waals surface area contributed by atoms with Gasteiger partial charge in [-0.25, -0.2) is 4.57 Å². The molecule has 0 saturated heterocycles. The van der Waals surface area contributed by atoms with E-state index in [0.29, 0.717) is 19.3 Å². The van der Waals surface area contributed by atoms with Crippen molar-refractivity contribution in [3.8, 4) is 0 Å². The van der Waals surface area contributed by atoms with Crippen LogP contribution in [0.2, 0.25) is 0 Å². The first kappa shape index (κ1) is 38.3. The number of aliphatic hydroxyl groups is 2.